The normalized spacial score (nSPS) is 14.3. The zero-order valence-corrected chi connectivity index (χ0v) is 36.6. The van der Waals surface area contributed by atoms with Crippen molar-refractivity contribution >= 4 is 23.8 Å². The van der Waals surface area contributed by atoms with E-state index in [0.29, 0.717) is 12.5 Å². The number of ether oxygens (including phenoxy) is 1. The lowest BCUT2D eigenvalue weighted by Crippen LogP contribution is -2.63. The van der Waals surface area contributed by atoms with Gasteiger partial charge in [-0.3, -0.25) is 19.2 Å². The number of carboxylic acids is 1. The smallest absolute Gasteiger partial charge is 0.451 e. The number of carbonyl (C=O) groups is 4. The fourth-order valence-electron chi connectivity index (χ4n) is 5.95. The molecule has 0 aliphatic carbocycles. The number of alkyl halides is 3. The van der Waals surface area contributed by atoms with Crippen LogP contribution in [-0.2, 0) is 49.6 Å². The van der Waals surface area contributed by atoms with Crippen LogP contribution in [0, 0.1) is 22.9 Å². The molecule has 0 saturated carbocycles. The average molecular weight is 912 g/mol. The molecule has 0 fully saturated rings. The van der Waals surface area contributed by atoms with Gasteiger partial charge in [0.05, 0.1) is 32.0 Å². The van der Waals surface area contributed by atoms with E-state index >= 15 is 0 Å². The van der Waals surface area contributed by atoms with E-state index in [1.165, 1.54) is 4.90 Å². The number of carboxylic acid groups (broad SMARTS) is 1. The van der Waals surface area contributed by atoms with Gasteiger partial charge in [0.1, 0.15) is 11.9 Å². The molecule has 13 nitrogen and oxygen atoms in total. The molecule has 2 aromatic rings. The van der Waals surface area contributed by atoms with Crippen LogP contribution >= 0.6 is 0 Å². The highest BCUT2D eigenvalue weighted by Crippen LogP contribution is 2.29. The predicted molar refractivity (Wildman–Crippen MR) is 226 cm³/mol. The number of hydrogen-bond donors (Lipinski definition) is 4. The third-order valence-corrected chi connectivity index (χ3v) is 9.56. The van der Waals surface area contributed by atoms with Crippen molar-refractivity contribution in [2.24, 2.45) is 5.41 Å². The molecule has 0 saturated heterocycles. The Bertz CT molecular complexity index is 1960. The number of fused-ring (bicyclic) bond motifs is 1. The number of carbonyl (C=O) groups excluding carboxylic acids is 3. The monoisotopic (exact) mass is 911 g/mol. The minimum atomic E-state index is -4.63. The van der Waals surface area contributed by atoms with E-state index < -0.39 is 64.8 Å². The maximum Gasteiger partial charge on any atom is 0.451 e. The van der Waals surface area contributed by atoms with Crippen molar-refractivity contribution in [2.45, 2.75) is 123 Å². The van der Waals surface area contributed by atoms with E-state index in [0.717, 1.165) is 49.2 Å². The van der Waals surface area contributed by atoms with E-state index in [1.54, 1.807) is 13.8 Å². The maximum absolute atomic E-state index is 13.7. The molecule has 0 radical (unpaired) electrons. The van der Waals surface area contributed by atoms with Crippen LogP contribution < -0.4 is 11.1 Å². The van der Waals surface area contributed by atoms with Crippen LogP contribution in [0.3, 0.4) is 0 Å². The highest BCUT2D eigenvalue weighted by Gasteiger charge is 2.40. The summed E-state index contributed by atoms with van der Waals surface area (Å²) in [6, 6.07) is 0.502. The van der Waals surface area contributed by atoms with Gasteiger partial charge in [-0.25, -0.2) is 13.2 Å². The Labute approximate surface area is 369 Å². The summed E-state index contributed by atoms with van der Waals surface area (Å²) in [5, 5.41) is 27.8. The first-order chi connectivity index (χ1) is 30.3. The van der Waals surface area contributed by atoms with Gasteiger partial charge >= 0.3 is 18.1 Å². The van der Waals surface area contributed by atoms with Crippen LogP contribution in [0.4, 0.5) is 26.3 Å². The van der Waals surface area contributed by atoms with E-state index in [-0.39, 0.29) is 75.8 Å². The first-order valence-corrected chi connectivity index (χ1v) is 21.1. The number of hydrogen-bond acceptors (Lipinski definition) is 8. The topological polar surface area (TPSA) is 192 Å². The standard InChI is InChI=1S/C29H45NO6.C16H15F6N5O/c1-4-5-6-7-8-9-10-11-12-13-14-15-16-17-18-19-20-21-26(33)36-24-29(2,3)27(34)28(35)30-23-22-25(31)32;17-10-6-12(19)11(18)4-8(10)3-9(23)5-14(28)26-1-2-27-13(7-26)24-25-15(27)16(20,21)22/h5-6,8-9,11-12,14-15,17-18,27,34H,4,7,10,13,16,19-24H2,1-3H3,(H,30,35)(H,31,32);4,6,9H,1-3,5,7,23H2/p+1/b6-5-,9-8-,12-11-,15-14-,18-17-;/t27-;9-/m01/s1. The summed E-state index contributed by atoms with van der Waals surface area (Å²) in [7, 11) is 0. The number of aliphatic carboxylic acids is 1. The van der Waals surface area contributed by atoms with E-state index in [4.69, 9.17) is 9.84 Å². The lowest BCUT2D eigenvalue weighted by Gasteiger charge is -2.28. The van der Waals surface area contributed by atoms with Gasteiger partial charge < -0.3 is 35.5 Å². The minimum Gasteiger partial charge on any atom is -0.481 e. The second kappa shape index (κ2) is 28.3. The molecule has 2 heterocycles. The molecule has 1 aromatic heterocycles. The number of quaternary nitrogens is 1. The van der Waals surface area contributed by atoms with E-state index in [2.05, 4.69) is 82.9 Å². The highest BCUT2D eigenvalue weighted by molar-refractivity contribution is 5.82. The van der Waals surface area contributed by atoms with Crippen LogP contribution in [0.1, 0.15) is 102 Å². The summed E-state index contributed by atoms with van der Waals surface area (Å²) >= 11 is 0. The number of benzene rings is 1. The second-order valence-electron chi connectivity index (χ2n) is 15.6. The Morgan fingerprint density at radius 3 is 2.02 bits per heavy atom. The van der Waals surface area contributed by atoms with Gasteiger partial charge in [-0.05, 0) is 56.6 Å². The number of rotatable bonds is 24. The molecule has 2 amide bonds. The maximum atomic E-state index is 13.7. The molecule has 354 valence electrons. The molecule has 6 N–H and O–H groups in total. The van der Waals surface area contributed by atoms with Crippen LogP contribution in [0.5, 0.6) is 0 Å². The number of aromatic nitrogens is 3. The molecular weight excluding hydrogens is 851 g/mol. The van der Waals surface area contributed by atoms with Crippen LogP contribution in [-0.4, -0.2) is 85.5 Å². The van der Waals surface area contributed by atoms with Crippen molar-refractivity contribution in [2.75, 3.05) is 19.7 Å². The van der Waals surface area contributed by atoms with Gasteiger partial charge in [0.2, 0.25) is 17.6 Å². The van der Waals surface area contributed by atoms with Gasteiger partial charge in [0.15, 0.2) is 17.5 Å². The Balaban J connectivity index is 0.000000451. The summed E-state index contributed by atoms with van der Waals surface area (Å²) in [5.41, 5.74) is 2.63. The number of esters is 1. The number of aliphatic hydroxyl groups is 1. The highest BCUT2D eigenvalue weighted by atomic mass is 19.4. The second-order valence-corrected chi connectivity index (χ2v) is 15.6. The molecule has 0 unspecified atom stereocenters. The van der Waals surface area contributed by atoms with Gasteiger partial charge in [0.25, 0.3) is 0 Å². The van der Waals surface area contributed by atoms with Crippen LogP contribution in [0.2, 0.25) is 0 Å². The number of allylic oxidation sites excluding steroid dienone is 10. The van der Waals surface area contributed by atoms with Crippen LogP contribution in [0.15, 0.2) is 72.9 Å². The number of unbranched alkanes of at least 4 members (excludes halogenated alkanes) is 1. The van der Waals surface area contributed by atoms with Crippen LogP contribution in [0.25, 0.3) is 0 Å². The quantitative estimate of drug-likeness (QED) is 0.0291. The summed E-state index contributed by atoms with van der Waals surface area (Å²) in [5.74, 6) is -7.07. The third-order valence-electron chi connectivity index (χ3n) is 9.56. The molecule has 2 atom stereocenters. The fraction of sp³-hybridized carbons (Fsp3) is 0.511. The molecule has 1 aromatic carbocycles. The van der Waals surface area contributed by atoms with E-state index in [9.17, 15) is 50.6 Å². The fourth-order valence-corrected chi connectivity index (χ4v) is 5.95. The Kier molecular flexibility index (Phi) is 24.1. The molecule has 19 heteroatoms. The van der Waals surface area contributed by atoms with E-state index in [1.807, 2.05) is 6.08 Å². The molecule has 1 aliphatic heterocycles. The Morgan fingerprint density at radius 2 is 1.44 bits per heavy atom. The number of amides is 2. The summed E-state index contributed by atoms with van der Waals surface area (Å²) in [6.07, 6.45) is 21.3. The van der Waals surface area contributed by atoms with Gasteiger partial charge in [-0.1, -0.05) is 81.5 Å². The average Bonchev–Trinajstić information content (AvgIpc) is 3.67. The third kappa shape index (κ3) is 20.7. The summed E-state index contributed by atoms with van der Waals surface area (Å²) in [6.45, 7) is 4.94. The van der Waals surface area contributed by atoms with Gasteiger partial charge in [0, 0.05) is 44.0 Å². The zero-order valence-electron chi connectivity index (χ0n) is 36.6. The SMILES string of the molecule is CC/C=C\C/C=C\C/C=C\C/C=C\C/C=C\CCCC(=O)OCC(C)(C)[C@@H](O)C(=O)NCCC(=O)O.[NH3+][C@@H](CC(=O)N1CCn2c(nnc2C(F)(F)F)C1)Cc1cc(F)c(F)cc1F. The molecule has 64 heavy (non-hydrogen) atoms. The first-order valence-electron chi connectivity index (χ1n) is 21.1. The number of nitrogens with one attached hydrogen (secondary N) is 1. The molecule has 0 bridgehead atoms. The van der Waals surface area contributed by atoms with Gasteiger partial charge in [-0.15, -0.1) is 10.2 Å². The van der Waals surface area contributed by atoms with Crippen molar-refractivity contribution in [1.82, 2.24) is 25.0 Å². The lowest BCUT2D eigenvalue weighted by molar-refractivity contribution is -0.418. The van der Waals surface area contributed by atoms with Crippen molar-refractivity contribution in [1.29, 1.82) is 0 Å². The molecule has 1 aliphatic rings. The summed E-state index contributed by atoms with van der Waals surface area (Å²) in [4.78, 5) is 48.1. The van der Waals surface area contributed by atoms with Crippen molar-refractivity contribution in [3.8, 4) is 0 Å². The summed E-state index contributed by atoms with van der Waals surface area (Å²) < 4.78 is 84.6. The molecule has 3 rings (SSSR count). The predicted octanol–water partition coefficient (Wildman–Crippen LogP) is 6.73. The zero-order chi connectivity index (χ0) is 47.7. The first kappa shape index (κ1) is 54.6. The molecular formula is C45H61F6N6O7+. The number of aliphatic hydroxyl groups excluding tert-OH is 1. The van der Waals surface area contributed by atoms with Crippen molar-refractivity contribution < 1.29 is 66.2 Å². The van der Waals surface area contributed by atoms with Gasteiger partial charge in [-0.2, -0.15) is 13.2 Å². The minimum absolute atomic E-state index is 0.0131. The van der Waals surface area contributed by atoms with Crippen molar-refractivity contribution in [3.05, 3.63) is 108 Å². The number of halogens is 6. The van der Waals surface area contributed by atoms with Crippen molar-refractivity contribution in [3.63, 3.8) is 0 Å². The number of nitrogens with zero attached hydrogens (tertiary/aromatic N) is 4. The Morgan fingerprint density at radius 1 is 0.859 bits per heavy atom. The molecule has 0 spiro atoms. The lowest BCUT2D eigenvalue weighted by atomic mass is 9.87. The largest absolute Gasteiger partial charge is 0.481 e. The Hall–Kier alpha value is -5.56.